The molecule has 2 rings (SSSR count). The van der Waals surface area contributed by atoms with Crippen molar-refractivity contribution in [2.45, 2.75) is 39.8 Å². The lowest BCUT2D eigenvalue weighted by Gasteiger charge is -2.25. The lowest BCUT2D eigenvalue weighted by atomic mass is 9.95. The third-order valence-electron chi connectivity index (χ3n) is 4.11. The van der Waals surface area contributed by atoms with Gasteiger partial charge in [-0.15, -0.1) is 0 Å². The third-order valence-corrected chi connectivity index (χ3v) is 4.11. The Hall–Kier alpha value is -2.49. The summed E-state index contributed by atoms with van der Waals surface area (Å²) in [6, 6.07) is 15.4. The Morgan fingerprint density at radius 3 is 2.24 bits per heavy atom. The fourth-order valence-corrected chi connectivity index (χ4v) is 2.66. The van der Waals surface area contributed by atoms with E-state index in [4.69, 9.17) is 9.47 Å². The number of benzene rings is 2. The fraction of sp³-hybridized carbons (Fsp3) is 0.381. The van der Waals surface area contributed by atoms with Crippen molar-refractivity contribution in [1.29, 1.82) is 0 Å². The highest BCUT2D eigenvalue weighted by atomic mass is 16.5. The van der Waals surface area contributed by atoms with E-state index in [2.05, 4.69) is 19.2 Å². The number of hydrogen-bond donors (Lipinski definition) is 1. The molecule has 0 aromatic heterocycles. The molecule has 0 heterocycles. The molecule has 25 heavy (non-hydrogen) atoms. The first-order valence-corrected chi connectivity index (χ1v) is 8.58. The van der Waals surface area contributed by atoms with Crippen LogP contribution in [0.2, 0.25) is 0 Å². The van der Waals surface area contributed by atoms with Crippen molar-refractivity contribution in [2.75, 3.05) is 7.11 Å². The molecule has 1 amide bonds. The van der Waals surface area contributed by atoms with Gasteiger partial charge in [-0.3, -0.25) is 4.79 Å². The normalized spacial score (nSPS) is 13.2. The molecule has 2 atom stereocenters. The van der Waals surface area contributed by atoms with Gasteiger partial charge < -0.3 is 14.8 Å². The van der Waals surface area contributed by atoms with Crippen molar-refractivity contribution >= 4 is 5.91 Å². The van der Waals surface area contributed by atoms with Crippen LogP contribution in [0.15, 0.2) is 48.5 Å². The van der Waals surface area contributed by atoms with Crippen LogP contribution in [-0.4, -0.2) is 19.1 Å². The number of amides is 1. The number of methoxy groups -OCH3 is 1. The van der Waals surface area contributed by atoms with E-state index in [9.17, 15) is 4.79 Å². The first-order valence-electron chi connectivity index (χ1n) is 8.58. The summed E-state index contributed by atoms with van der Waals surface area (Å²) in [6.45, 7) is 7.93. The average molecular weight is 341 g/mol. The van der Waals surface area contributed by atoms with Crippen LogP contribution in [0.4, 0.5) is 0 Å². The lowest BCUT2D eigenvalue weighted by molar-refractivity contribution is -0.128. The van der Waals surface area contributed by atoms with Crippen molar-refractivity contribution in [3.05, 3.63) is 59.7 Å². The van der Waals surface area contributed by atoms with Gasteiger partial charge in [-0.1, -0.05) is 38.1 Å². The summed E-state index contributed by atoms with van der Waals surface area (Å²) in [4.78, 5) is 12.6. The summed E-state index contributed by atoms with van der Waals surface area (Å²) in [5, 5.41) is 3.10. The minimum Gasteiger partial charge on any atom is -0.497 e. The lowest BCUT2D eigenvalue weighted by Crippen LogP contribution is -2.40. The van der Waals surface area contributed by atoms with Crippen LogP contribution in [0, 0.1) is 12.8 Å². The van der Waals surface area contributed by atoms with Crippen LogP contribution in [0.5, 0.6) is 11.5 Å². The molecule has 1 N–H and O–H groups in total. The van der Waals surface area contributed by atoms with Crippen LogP contribution in [0.3, 0.4) is 0 Å². The van der Waals surface area contributed by atoms with Crippen LogP contribution in [-0.2, 0) is 4.79 Å². The van der Waals surface area contributed by atoms with Gasteiger partial charge in [-0.2, -0.15) is 0 Å². The van der Waals surface area contributed by atoms with Crippen molar-refractivity contribution < 1.29 is 14.3 Å². The molecule has 0 fully saturated rings. The minimum atomic E-state index is -0.568. The summed E-state index contributed by atoms with van der Waals surface area (Å²) >= 11 is 0. The molecule has 4 nitrogen and oxygen atoms in total. The molecule has 0 saturated carbocycles. The van der Waals surface area contributed by atoms with Crippen molar-refractivity contribution in [3.63, 3.8) is 0 Å². The monoisotopic (exact) mass is 341 g/mol. The van der Waals surface area contributed by atoms with Crippen molar-refractivity contribution in [2.24, 2.45) is 5.92 Å². The van der Waals surface area contributed by atoms with Gasteiger partial charge in [0.05, 0.1) is 13.2 Å². The van der Waals surface area contributed by atoms with Crippen LogP contribution >= 0.6 is 0 Å². The highest BCUT2D eigenvalue weighted by Crippen LogP contribution is 2.24. The summed E-state index contributed by atoms with van der Waals surface area (Å²) in [5.41, 5.74) is 2.15. The second kappa shape index (κ2) is 8.56. The van der Waals surface area contributed by atoms with E-state index in [-0.39, 0.29) is 17.9 Å². The molecule has 0 saturated heterocycles. The smallest absolute Gasteiger partial charge is 0.261 e. The third kappa shape index (κ3) is 5.24. The first kappa shape index (κ1) is 18.8. The molecule has 0 radical (unpaired) electrons. The predicted octanol–water partition coefficient (Wildman–Crippen LogP) is 4.28. The first-order chi connectivity index (χ1) is 11.9. The Kier molecular flexibility index (Phi) is 6.45. The van der Waals surface area contributed by atoms with Gasteiger partial charge >= 0.3 is 0 Å². The second-order valence-electron chi connectivity index (χ2n) is 6.58. The van der Waals surface area contributed by atoms with E-state index in [1.165, 1.54) is 0 Å². The molecule has 2 aromatic carbocycles. The maximum absolute atomic E-state index is 12.6. The topological polar surface area (TPSA) is 47.6 Å². The molecule has 0 spiro atoms. The number of carbonyl (C=O) groups is 1. The highest BCUT2D eigenvalue weighted by molar-refractivity contribution is 5.81. The number of ether oxygens (including phenoxy) is 2. The molecule has 0 aliphatic carbocycles. The highest BCUT2D eigenvalue weighted by Gasteiger charge is 2.22. The minimum absolute atomic E-state index is 0.0815. The molecule has 2 aromatic rings. The zero-order valence-electron chi connectivity index (χ0n) is 15.6. The summed E-state index contributed by atoms with van der Waals surface area (Å²) in [6.07, 6.45) is -0.568. The van der Waals surface area contributed by atoms with Crippen molar-refractivity contribution in [1.82, 2.24) is 5.32 Å². The van der Waals surface area contributed by atoms with E-state index in [1.54, 1.807) is 14.0 Å². The molecular weight excluding hydrogens is 314 g/mol. The van der Waals surface area contributed by atoms with E-state index < -0.39 is 6.10 Å². The van der Waals surface area contributed by atoms with E-state index in [1.807, 2.05) is 55.5 Å². The number of rotatable bonds is 7. The van der Waals surface area contributed by atoms with Crippen LogP contribution < -0.4 is 14.8 Å². The molecule has 0 aliphatic rings. The quantitative estimate of drug-likeness (QED) is 0.817. The summed E-state index contributed by atoms with van der Waals surface area (Å²) in [5.74, 6) is 1.63. The van der Waals surface area contributed by atoms with E-state index >= 15 is 0 Å². The van der Waals surface area contributed by atoms with E-state index in [0.29, 0.717) is 5.75 Å². The maximum Gasteiger partial charge on any atom is 0.261 e. The molecule has 0 bridgehead atoms. The fourth-order valence-electron chi connectivity index (χ4n) is 2.66. The Bertz CT molecular complexity index is 695. The Morgan fingerprint density at radius 1 is 1.00 bits per heavy atom. The van der Waals surface area contributed by atoms with Gasteiger partial charge in [0.2, 0.25) is 0 Å². The zero-order valence-corrected chi connectivity index (χ0v) is 15.6. The molecular formula is C21H27NO3. The van der Waals surface area contributed by atoms with E-state index in [0.717, 1.165) is 16.9 Å². The average Bonchev–Trinajstić information content (AvgIpc) is 2.59. The van der Waals surface area contributed by atoms with Gasteiger partial charge in [0.25, 0.3) is 5.91 Å². The predicted molar refractivity (Wildman–Crippen MR) is 100.0 cm³/mol. The molecule has 0 aliphatic heterocycles. The van der Waals surface area contributed by atoms with Gasteiger partial charge in [-0.25, -0.2) is 0 Å². The Morgan fingerprint density at radius 2 is 1.68 bits per heavy atom. The SMILES string of the molecule is COc1ccc([C@H](NC(=O)[C@@H](C)Oc2cccc(C)c2)C(C)C)cc1. The number of hydrogen-bond acceptors (Lipinski definition) is 3. The van der Waals surface area contributed by atoms with Gasteiger partial charge in [0.1, 0.15) is 11.5 Å². The van der Waals surface area contributed by atoms with Gasteiger partial charge in [0.15, 0.2) is 6.10 Å². The summed E-state index contributed by atoms with van der Waals surface area (Å²) in [7, 11) is 1.64. The van der Waals surface area contributed by atoms with Gasteiger partial charge in [-0.05, 0) is 55.2 Å². The largest absolute Gasteiger partial charge is 0.497 e. The zero-order chi connectivity index (χ0) is 18.4. The molecule has 4 heteroatoms. The Balaban J connectivity index is 2.06. The van der Waals surface area contributed by atoms with Crippen LogP contribution in [0.1, 0.15) is 37.9 Å². The number of nitrogens with one attached hydrogen (secondary N) is 1. The summed E-state index contributed by atoms with van der Waals surface area (Å²) < 4.78 is 11.0. The molecule has 0 unspecified atom stereocenters. The number of aryl methyl sites for hydroxylation is 1. The standard InChI is InChI=1S/C21H27NO3/c1-14(2)20(17-9-11-18(24-5)12-10-17)22-21(23)16(4)25-19-8-6-7-15(3)13-19/h6-14,16,20H,1-5H3,(H,22,23)/t16-,20-/m1/s1. The van der Waals surface area contributed by atoms with Crippen molar-refractivity contribution in [3.8, 4) is 11.5 Å². The van der Waals surface area contributed by atoms with Gasteiger partial charge in [0, 0.05) is 0 Å². The van der Waals surface area contributed by atoms with Crippen LogP contribution in [0.25, 0.3) is 0 Å². The maximum atomic E-state index is 12.6. The molecule has 134 valence electrons. The second-order valence-corrected chi connectivity index (χ2v) is 6.58. The Labute approximate surface area is 150 Å². The number of carbonyl (C=O) groups excluding carboxylic acids is 1.